The maximum absolute atomic E-state index is 12.2. The predicted molar refractivity (Wildman–Crippen MR) is 88.1 cm³/mol. The summed E-state index contributed by atoms with van der Waals surface area (Å²) in [7, 11) is 0. The van der Waals surface area contributed by atoms with E-state index in [0.29, 0.717) is 17.1 Å². The summed E-state index contributed by atoms with van der Waals surface area (Å²) in [6.45, 7) is 4.33. The average molecular weight is 294 g/mol. The number of benzene rings is 2. The quantitative estimate of drug-likeness (QED) is 0.780. The molecular weight excluding hydrogens is 276 g/mol. The molecule has 0 aliphatic carbocycles. The summed E-state index contributed by atoms with van der Waals surface area (Å²) in [5.41, 5.74) is 1.69. The average Bonchev–Trinajstić information content (AvgIpc) is 2.48. The highest BCUT2D eigenvalue weighted by Crippen LogP contribution is 2.28. The van der Waals surface area contributed by atoms with E-state index in [9.17, 15) is 9.90 Å². The molecule has 0 saturated carbocycles. The van der Waals surface area contributed by atoms with Gasteiger partial charge >= 0.3 is 5.63 Å². The van der Waals surface area contributed by atoms with Crippen LogP contribution in [-0.4, -0.2) is 5.11 Å². The van der Waals surface area contributed by atoms with E-state index in [0.717, 1.165) is 17.4 Å². The lowest BCUT2D eigenvalue weighted by Crippen LogP contribution is -2.02. The van der Waals surface area contributed by atoms with Crippen LogP contribution in [0.15, 0.2) is 57.7 Å². The Morgan fingerprint density at radius 3 is 2.64 bits per heavy atom. The molecule has 0 aliphatic heterocycles. The monoisotopic (exact) mass is 294 g/mol. The molecule has 0 radical (unpaired) electrons. The topological polar surface area (TPSA) is 50.4 Å². The SMILES string of the molecule is CC(C)Cc1ccccc1-c1cc2ccc(O)cc2c(=O)o1. The molecule has 3 aromatic rings. The Morgan fingerprint density at radius 1 is 1.09 bits per heavy atom. The zero-order valence-electron chi connectivity index (χ0n) is 12.7. The Kier molecular flexibility index (Phi) is 3.72. The lowest BCUT2D eigenvalue weighted by Gasteiger charge is -2.11. The van der Waals surface area contributed by atoms with Crippen molar-refractivity contribution < 1.29 is 9.52 Å². The first kappa shape index (κ1) is 14.4. The van der Waals surface area contributed by atoms with E-state index in [-0.39, 0.29) is 5.75 Å². The first-order valence-corrected chi connectivity index (χ1v) is 7.40. The highest BCUT2D eigenvalue weighted by atomic mass is 16.4. The molecule has 0 unspecified atom stereocenters. The number of aromatic hydroxyl groups is 1. The smallest absolute Gasteiger partial charge is 0.344 e. The molecule has 3 heteroatoms. The van der Waals surface area contributed by atoms with Crippen molar-refractivity contribution in [3.05, 3.63) is 64.5 Å². The van der Waals surface area contributed by atoms with Crippen LogP contribution in [0.4, 0.5) is 0 Å². The van der Waals surface area contributed by atoms with Gasteiger partial charge in [-0.05, 0) is 41.5 Å². The highest BCUT2D eigenvalue weighted by Gasteiger charge is 2.11. The van der Waals surface area contributed by atoms with Crippen molar-refractivity contribution >= 4 is 10.8 Å². The van der Waals surface area contributed by atoms with E-state index in [1.54, 1.807) is 12.1 Å². The van der Waals surface area contributed by atoms with Crippen molar-refractivity contribution in [3.63, 3.8) is 0 Å². The summed E-state index contributed by atoms with van der Waals surface area (Å²) in [5.74, 6) is 1.15. The molecule has 0 aliphatic rings. The lowest BCUT2D eigenvalue weighted by atomic mass is 9.96. The van der Waals surface area contributed by atoms with Crippen LogP contribution < -0.4 is 5.63 Å². The fraction of sp³-hybridized carbons (Fsp3) is 0.211. The van der Waals surface area contributed by atoms with E-state index in [2.05, 4.69) is 19.9 Å². The van der Waals surface area contributed by atoms with E-state index in [4.69, 9.17) is 4.42 Å². The molecule has 2 aromatic carbocycles. The van der Waals surface area contributed by atoms with Crippen LogP contribution in [0.2, 0.25) is 0 Å². The number of phenolic OH excluding ortho intramolecular Hbond substituents is 1. The zero-order chi connectivity index (χ0) is 15.7. The Morgan fingerprint density at radius 2 is 1.86 bits per heavy atom. The molecule has 0 saturated heterocycles. The van der Waals surface area contributed by atoms with Gasteiger partial charge in [0.05, 0.1) is 5.39 Å². The molecule has 0 amide bonds. The third-order valence-electron chi connectivity index (χ3n) is 3.66. The van der Waals surface area contributed by atoms with Crippen LogP contribution in [0.25, 0.3) is 22.1 Å². The Bertz CT molecular complexity index is 875. The molecule has 0 spiro atoms. The van der Waals surface area contributed by atoms with Gasteiger partial charge < -0.3 is 9.52 Å². The maximum atomic E-state index is 12.2. The molecule has 0 atom stereocenters. The third-order valence-corrected chi connectivity index (χ3v) is 3.66. The molecule has 3 nitrogen and oxygen atoms in total. The van der Waals surface area contributed by atoms with Crippen LogP contribution in [-0.2, 0) is 6.42 Å². The maximum Gasteiger partial charge on any atom is 0.344 e. The molecule has 0 bridgehead atoms. The third kappa shape index (κ3) is 2.75. The zero-order valence-corrected chi connectivity index (χ0v) is 12.7. The Balaban J connectivity index is 2.19. The van der Waals surface area contributed by atoms with E-state index in [1.807, 2.05) is 24.3 Å². The van der Waals surface area contributed by atoms with Gasteiger partial charge in [0.2, 0.25) is 0 Å². The molecule has 0 fully saturated rings. The number of phenols is 1. The standard InChI is InChI=1S/C19H18O3/c1-12(2)9-13-5-3-4-6-16(13)18-10-14-7-8-15(20)11-17(14)19(21)22-18/h3-8,10-12,20H,9H2,1-2H3. The summed E-state index contributed by atoms with van der Waals surface area (Å²) in [5, 5.41) is 10.7. The van der Waals surface area contributed by atoms with Gasteiger partial charge in [0, 0.05) is 5.56 Å². The second-order valence-corrected chi connectivity index (χ2v) is 5.92. The number of rotatable bonds is 3. The predicted octanol–water partition coefficient (Wildman–Crippen LogP) is 4.36. The van der Waals surface area contributed by atoms with Crippen molar-refractivity contribution in [1.29, 1.82) is 0 Å². The van der Waals surface area contributed by atoms with Gasteiger partial charge in [-0.3, -0.25) is 0 Å². The van der Waals surface area contributed by atoms with Gasteiger partial charge in [0.15, 0.2) is 0 Å². The van der Waals surface area contributed by atoms with Gasteiger partial charge in [0.1, 0.15) is 11.5 Å². The van der Waals surface area contributed by atoms with Crippen LogP contribution in [0.5, 0.6) is 5.75 Å². The van der Waals surface area contributed by atoms with Crippen molar-refractivity contribution in [2.75, 3.05) is 0 Å². The van der Waals surface area contributed by atoms with Crippen LogP contribution >= 0.6 is 0 Å². The fourth-order valence-corrected chi connectivity index (χ4v) is 2.68. The summed E-state index contributed by atoms with van der Waals surface area (Å²) in [4.78, 5) is 12.2. The lowest BCUT2D eigenvalue weighted by molar-refractivity contribution is 0.475. The van der Waals surface area contributed by atoms with Crippen molar-refractivity contribution in [1.82, 2.24) is 0 Å². The van der Waals surface area contributed by atoms with E-state index < -0.39 is 5.63 Å². The van der Waals surface area contributed by atoms with Gasteiger partial charge in [-0.15, -0.1) is 0 Å². The minimum atomic E-state index is -0.428. The van der Waals surface area contributed by atoms with Gasteiger partial charge in [0.25, 0.3) is 0 Å². The van der Waals surface area contributed by atoms with E-state index in [1.165, 1.54) is 11.6 Å². The second kappa shape index (κ2) is 5.68. The van der Waals surface area contributed by atoms with Crippen LogP contribution in [0.3, 0.4) is 0 Å². The number of hydrogen-bond acceptors (Lipinski definition) is 3. The van der Waals surface area contributed by atoms with E-state index >= 15 is 0 Å². The number of hydrogen-bond donors (Lipinski definition) is 1. The molecule has 112 valence electrons. The molecule has 3 rings (SSSR count). The summed E-state index contributed by atoms with van der Waals surface area (Å²) >= 11 is 0. The first-order chi connectivity index (χ1) is 10.5. The van der Waals surface area contributed by atoms with Gasteiger partial charge in [-0.1, -0.05) is 44.2 Å². The minimum absolute atomic E-state index is 0.0627. The van der Waals surface area contributed by atoms with Crippen LogP contribution in [0, 0.1) is 5.92 Å². The van der Waals surface area contributed by atoms with Crippen molar-refractivity contribution in [2.24, 2.45) is 5.92 Å². The minimum Gasteiger partial charge on any atom is -0.508 e. The van der Waals surface area contributed by atoms with Crippen LogP contribution in [0.1, 0.15) is 19.4 Å². The Hall–Kier alpha value is -2.55. The van der Waals surface area contributed by atoms with Gasteiger partial charge in [-0.25, -0.2) is 4.79 Å². The molecule has 1 heterocycles. The molecule has 1 aromatic heterocycles. The van der Waals surface area contributed by atoms with Crippen molar-refractivity contribution in [3.8, 4) is 17.1 Å². The number of fused-ring (bicyclic) bond motifs is 1. The molecule has 22 heavy (non-hydrogen) atoms. The Labute approximate surface area is 128 Å². The normalized spacial score (nSPS) is 11.2. The first-order valence-electron chi connectivity index (χ1n) is 7.40. The summed E-state index contributed by atoms with van der Waals surface area (Å²) < 4.78 is 5.49. The fourth-order valence-electron chi connectivity index (χ4n) is 2.68. The molecular formula is C19H18O3. The second-order valence-electron chi connectivity index (χ2n) is 5.92. The summed E-state index contributed by atoms with van der Waals surface area (Å²) in [6, 6.07) is 14.6. The largest absolute Gasteiger partial charge is 0.508 e. The van der Waals surface area contributed by atoms with Gasteiger partial charge in [-0.2, -0.15) is 0 Å². The summed E-state index contributed by atoms with van der Waals surface area (Å²) in [6.07, 6.45) is 0.924. The highest BCUT2D eigenvalue weighted by molar-refractivity contribution is 5.85. The van der Waals surface area contributed by atoms with Crippen molar-refractivity contribution in [2.45, 2.75) is 20.3 Å². The molecule has 1 N–H and O–H groups in total.